The molecule has 0 atom stereocenters. The Morgan fingerprint density at radius 3 is 2.58 bits per heavy atom. The van der Waals surface area contributed by atoms with Crippen LogP contribution >= 0.6 is 0 Å². The highest BCUT2D eigenvalue weighted by Gasteiger charge is 2.20. The molecular formula is C14H25N3OS. The van der Waals surface area contributed by atoms with Crippen molar-refractivity contribution in [3.05, 3.63) is 23.8 Å². The molecular weight excluding hydrogens is 258 g/mol. The van der Waals surface area contributed by atoms with Crippen molar-refractivity contribution < 1.29 is 4.21 Å². The van der Waals surface area contributed by atoms with E-state index in [-0.39, 0.29) is 0 Å². The largest absolute Gasteiger partial charge is 0.368 e. The summed E-state index contributed by atoms with van der Waals surface area (Å²) in [5, 5.41) is 0. The highest BCUT2D eigenvalue weighted by atomic mass is 32.2. The molecule has 108 valence electrons. The van der Waals surface area contributed by atoms with Crippen molar-refractivity contribution in [2.45, 2.75) is 34.1 Å². The Labute approximate surface area is 118 Å². The summed E-state index contributed by atoms with van der Waals surface area (Å²) in [5.41, 5.74) is 3.30. The number of aromatic nitrogens is 2. The molecule has 0 saturated carbocycles. The SMILES string of the molecule is CC.CC/C=C(\c1nc[nH]c1C)N1CCS(=O)CC1. The van der Waals surface area contributed by atoms with Gasteiger partial charge in [0.05, 0.1) is 12.0 Å². The summed E-state index contributed by atoms with van der Waals surface area (Å²) < 4.78 is 11.4. The minimum Gasteiger partial charge on any atom is -0.368 e. The third-order valence-electron chi connectivity index (χ3n) is 2.99. The molecule has 1 aromatic rings. The van der Waals surface area contributed by atoms with Gasteiger partial charge in [-0.15, -0.1) is 0 Å². The van der Waals surface area contributed by atoms with Gasteiger partial charge in [-0.05, 0) is 13.3 Å². The number of nitrogens with one attached hydrogen (secondary N) is 1. The van der Waals surface area contributed by atoms with Gasteiger partial charge in [-0.25, -0.2) is 4.98 Å². The van der Waals surface area contributed by atoms with Crippen LogP contribution in [-0.4, -0.2) is 43.7 Å². The molecule has 0 radical (unpaired) electrons. The molecule has 0 aromatic carbocycles. The van der Waals surface area contributed by atoms with Crippen LogP contribution < -0.4 is 0 Å². The van der Waals surface area contributed by atoms with Crippen molar-refractivity contribution in [2.24, 2.45) is 0 Å². The highest BCUT2D eigenvalue weighted by Crippen LogP contribution is 2.21. The lowest BCUT2D eigenvalue weighted by Crippen LogP contribution is -2.36. The summed E-state index contributed by atoms with van der Waals surface area (Å²) in [5.74, 6) is 1.54. The van der Waals surface area contributed by atoms with Crippen LogP contribution in [0.15, 0.2) is 12.4 Å². The summed E-state index contributed by atoms with van der Waals surface area (Å²) in [7, 11) is -0.631. The fourth-order valence-electron chi connectivity index (χ4n) is 2.06. The normalized spacial score (nSPS) is 17.1. The summed E-state index contributed by atoms with van der Waals surface area (Å²) in [6.07, 6.45) is 4.93. The average Bonchev–Trinajstić information content (AvgIpc) is 2.86. The Kier molecular flexibility index (Phi) is 6.84. The van der Waals surface area contributed by atoms with E-state index in [4.69, 9.17) is 0 Å². The molecule has 0 amide bonds. The second kappa shape index (κ2) is 8.15. The minimum absolute atomic E-state index is 0.631. The smallest absolute Gasteiger partial charge is 0.107 e. The van der Waals surface area contributed by atoms with E-state index in [0.717, 1.165) is 42.4 Å². The predicted octanol–water partition coefficient (Wildman–Crippen LogP) is 2.56. The van der Waals surface area contributed by atoms with Gasteiger partial charge in [0.1, 0.15) is 5.69 Å². The van der Waals surface area contributed by atoms with Crippen LogP contribution in [0, 0.1) is 6.92 Å². The maximum atomic E-state index is 11.4. The lowest BCUT2D eigenvalue weighted by atomic mass is 10.2. The Morgan fingerprint density at radius 1 is 1.47 bits per heavy atom. The second-order valence-corrected chi connectivity index (χ2v) is 5.91. The molecule has 1 N–H and O–H groups in total. The zero-order valence-corrected chi connectivity index (χ0v) is 13.2. The van der Waals surface area contributed by atoms with Crippen molar-refractivity contribution in [3.63, 3.8) is 0 Å². The highest BCUT2D eigenvalue weighted by molar-refractivity contribution is 7.85. The van der Waals surface area contributed by atoms with Gasteiger partial charge in [-0.2, -0.15) is 0 Å². The number of aryl methyl sites for hydroxylation is 1. The zero-order valence-electron chi connectivity index (χ0n) is 12.4. The van der Waals surface area contributed by atoms with Crippen LogP contribution in [0.5, 0.6) is 0 Å². The van der Waals surface area contributed by atoms with Crippen LogP contribution in [0.1, 0.15) is 38.6 Å². The molecule has 2 rings (SSSR count). The monoisotopic (exact) mass is 283 g/mol. The standard InChI is InChI=1S/C12H19N3OS.C2H6/c1-3-4-11(12-10(2)13-9-14-12)15-5-7-17(16)8-6-15;1-2/h4,9H,3,5-8H2,1-2H3,(H,13,14);1-2H3/b11-4+;. The van der Waals surface area contributed by atoms with E-state index in [0.29, 0.717) is 0 Å². The van der Waals surface area contributed by atoms with Crippen molar-refractivity contribution in [2.75, 3.05) is 24.6 Å². The van der Waals surface area contributed by atoms with E-state index in [9.17, 15) is 4.21 Å². The van der Waals surface area contributed by atoms with Gasteiger partial charge in [-0.3, -0.25) is 4.21 Å². The fourth-order valence-corrected chi connectivity index (χ4v) is 3.12. The average molecular weight is 283 g/mol. The van der Waals surface area contributed by atoms with Crippen LogP contribution in [0.4, 0.5) is 0 Å². The number of imidazole rings is 1. The van der Waals surface area contributed by atoms with Crippen molar-refractivity contribution in [1.82, 2.24) is 14.9 Å². The summed E-state index contributed by atoms with van der Waals surface area (Å²) in [6.45, 7) is 9.90. The quantitative estimate of drug-likeness (QED) is 0.927. The molecule has 1 aliphatic heterocycles. The molecule has 5 heteroatoms. The molecule has 1 aromatic heterocycles. The van der Waals surface area contributed by atoms with E-state index in [1.54, 1.807) is 6.33 Å². The molecule has 1 saturated heterocycles. The molecule has 0 spiro atoms. The van der Waals surface area contributed by atoms with E-state index in [2.05, 4.69) is 27.9 Å². The van der Waals surface area contributed by atoms with Gasteiger partial charge in [0.25, 0.3) is 0 Å². The Hall–Kier alpha value is -1.10. The van der Waals surface area contributed by atoms with E-state index >= 15 is 0 Å². The molecule has 0 bridgehead atoms. The van der Waals surface area contributed by atoms with E-state index in [1.807, 2.05) is 20.8 Å². The van der Waals surface area contributed by atoms with Gasteiger partial charge < -0.3 is 9.88 Å². The van der Waals surface area contributed by atoms with Gasteiger partial charge in [0.15, 0.2) is 0 Å². The fraction of sp³-hybridized carbons (Fsp3) is 0.643. The Morgan fingerprint density at radius 2 is 2.11 bits per heavy atom. The second-order valence-electron chi connectivity index (χ2n) is 4.21. The lowest BCUT2D eigenvalue weighted by molar-refractivity contribution is 0.430. The first-order chi connectivity index (χ1) is 9.22. The predicted molar refractivity (Wildman–Crippen MR) is 82.4 cm³/mol. The van der Waals surface area contributed by atoms with Crippen LogP contribution in [0.3, 0.4) is 0 Å². The molecule has 4 nitrogen and oxygen atoms in total. The number of hydrogen-bond donors (Lipinski definition) is 1. The Balaban J connectivity index is 0.000000861. The van der Waals surface area contributed by atoms with Gasteiger partial charge >= 0.3 is 0 Å². The number of rotatable bonds is 3. The summed E-state index contributed by atoms with van der Waals surface area (Å²) >= 11 is 0. The van der Waals surface area contributed by atoms with Crippen molar-refractivity contribution >= 4 is 16.5 Å². The van der Waals surface area contributed by atoms with Gasteiger partial charge in [-0.1, -0.05) is 26.8 Å². The third-order valence-corrected chi connectivity index (χ3v) is 4.26. The third kappa shape index (κ3) is 4.20. The topological polar surface area (TPSA) is 49.0 Å². The molecule has 0 unspecified atom stereocenters. The Bertz CT molecular complexity index is 430. The maximum Gasteiger partial charge on any atom is 0.107 e. The first kappa shape index (κ1) is 16.0. The summed E-state index contributed by atoms with van der Waals surface area (Å²) in [4.78, 5) is 9.80. The molecule has 1 fully saturated rings. The maximum absolute atomic E-state index is 11.4. The molecule has 0 aliphatic carbocycles. The van der Waals surface area contributed by atoms with Gasteiger partial charge in [0, 0.05) is 41.1 Å². The number of aromatic amines is 1. The van der Waals surface area contributed by atoms with Gasteiger partial charge in [0.2, 0.25) is 0 Å². The van der Waals surface area contributed by atoms with Crippen LogP contribution in [-0.2, 0) is 10.8 Å². The number of H-pyrrole nitrogens is 1. The van der Waals surface area contributed by atoms with Crippen molar-refractivity contribution in [1.29, 1.82) is 0 Å². The number of nitrogens with zero attached hydrogens (tertiary/aromatic N) is 2. The molecule has 1 aliphatic rings. The summed E-state index contributed by atoms with van der Waals surface area (Å²) in [6, 6.07) is 0. The molecule has 2 heterocycles. The molecule has 19 heavy (non-hydrogen) atoms. The van der Waals surface area contributed by atoms with Crippen LogP contribution in [0.25, 0.3) is 5.70 Å². The minimum atomic E-state index is -0.631. The first-order valence-corrected chi connectivity index (χ1v) is 8.51. The van der Waals surface area contributed by atoms with E-state index in [1.165, 1.54) is 5.70 Å². The number of allylic oxidation sites excluding steroid dienone is 1. The van der Waals surface area contributed by atoms with Crippen molar-refractivity contribution in [3.8, 4) is 0 Å². The lowest BCUT2D eigenvalue weighted by Gasteiger charge is -2.30. The number of hydrogen-bond acceptors (Lipinski definition) is 3. The first-order valence-electron chi connectivity index (χ1n) is 7.02. The van der Waals surface area contributed by atoms with E-state index < -0.39 is 10.8 Å². The van der Waals surface area contributed by atoms with Crippen LogP contribution in [0.2, 0.25) is 0 Å². The zero-order chi connectivity index (χ0) is 14.3.